The molecule has 0 aliphatic rings. The third kappa shape index (κ3) is 2.05. The third-order valence-electron chi connectivity index (χ3n) is 3.31. The van der Waals surface area contributed by atoms with Crippen molar-refractivity contribution in [1.29, 1.82) is 0 Å². The van der Waals surface area contributed by atoms with Crippen LogP contribution < -0.4 is 34.4 Å². The first kappa shape index (κ1) is 16.2. The Morgan fingerprint density at radius 1 is 0.714 bits per heavy atom. The Bertz CT molecular complexity index is 891. The molecule has 21 heavy (non-hydrogen) atoms. The average molecular weight is 620 g/mol. The topological polar surface area (TPSA) is 169 Å². The van der Waals surface area contributed by atoms with E-state index in [-0.39, 0.29) is 52.7 Å². The van der Waals surface area contributed by atoms with Crippen molar-refractivity contribution in [3.05, 3.63) is 9.64 Å². The Labute approximate surface area is 156 Å². The van der Waals surface area contributed by atoms with Gasteiger partial charge in [-0.25, -0.2) is 0 Å². The number of hydrogen-bond donors (Lipinski definition) is 6. The fourth-order valence-corrected chi connectivity index (χ4v) is 2.73. The summed E-state index contributed by atoms with van der Waals surface area (Å²) in [6.45, 7) is 0. The van der Waals surface area contributed by atoms with Crippen LogP contribution in [0.4, 0.5) is 34.1 Å². The zero-order valence-electron chi connectivity index (χ0n) is 10.7. The zero-order chi connectivity index (χ0) is 14.8. The van der Waals surface area contributed by atoms with E-state index in [4.69, 9.17) is 38.8 Å². The van der Waals surface area contributed by atoms with Crippen LogP contribution in [-0.4, -0.2) is 0 Å². The molecule has 9 heteroatoms. The first-order chi connectivity index (χ1) is 9.34. The van der Waals surface area contributed by atoms with Gasteiger partial charge < -0.3 is 38.8 Å². The number of nitrogen functional groups attached to an aromatic ring is 6. The molecule has 0 unspecified atom stereocenters. The van der Waals surface area contributed by atoms with E-state index in [0.29, 0.717) is 36.9 Å². The minimum absolute atomic E-state index is 0. The van der Waals surface area contributed by atoms with E-state index < -0.39 is 0 Å². The van der Waals surface area contributed by atoms with Gasteiger partial charge in [-0.2, -0.15) is 0 Å². The average Bonchev–Trinajstić information content (AvgIpc) is 2.79. The van der Waals surface area contributed by atoms with E-state index in [0.717, 1.165) is 0 Å². The SMILES string of the molecule is Nc1c(N)c(N)c2c(oc3[c-]c(I)c(N)c(N)c32)c1N.[Np]. The summed E-state index contributed by atoms with van der Waals surface area (Å²) in [5.74, 6) is 0. The fraction of sp³-hybridized carbons (Fsp3) is 0. The second kappa shape index (κ2) is 5.20. The van der Waals surface area contributed by atoms with Crippen LogP contribution >= 0.6 is 22.6 Å². The number of fused-ring (bicyclic) bond motifs is 3. The summed E-state index contributed by atoms with van der Waals surface area (Å²) in [4.78, 5) is 0. The molecule has 12 N–H and O–H groups in total. The Kier molecular flexibility index (Phi) is 4.00. The Morgan fingerprint density at radius 2 is 1.24 bits per heavy atom. The second-order valence-electron chi connectivity index (χ2n) is 4.43. The summed E-state index contributed by atoms with van der Waals surface area (Å²) >= 11 is 2.02. The number of furan rings is 1. The number of benzene rings is 2. The summed E-state index contributed by atoms with van der Waals surface area (Å²) in [5.41, 5.74) is 38.0. The standard InChI is InChI=1S/C12H12IN6O.Np/c13-2-1-3-4(7(15)6(2)14)5-8(16)9(17)10(18)11(19)12(5)20-3;/h14-19H2;/q-1;. The summed E-state index contributed by atoms with van der Waals surface area (Å²) in [5, 5.41) is 1.06. The Balaban J connectivity index is 0.00000161. The van der Waals surface area contributed by atoms with Crippen LogP contribution in [-0.2, 0) is 0 Å². The second-order valence-corrected chi connectivity index (χ2v) is 5.51. The van der Waals surface area contributed by atoms with Crippen LogP contribution in [0.1, 0.15) is 0 Å². The van der Waals surface area contributed by atoms with Crippen LogP contribution in [0.3, 0.4) is 0 Å². The molecule has 0 spiro atoms. The number of rotatable bonds is 0. The van der Waals surface area contributed by atoms with Crippen molar-refractivity contribution in [2.75, 3.05) is 34.4 Å². The van der Waals surface area contributed by atoms with Crippen LogP contribution in [0.15, 0.2) is 4.42 Å². The van der Waals surface area contributed by atoms with E-state index in [1.807, 2.05) is 22.6 Å². The van der Waals surface area contributed by atoms with Crippen LogP contribution in [0.5, 0.6) is 0 Å². The fourth-order valence-electron chi connectivity index (χ4n) is 2.19. The molecular formula is C12H12IN6NpO-. The maximum absolute atomic E-state index is 6.06. The largest absolute Gasteiger partial charge is 0.481 e. The van der Waals surface area contributed by atoms with Crippen molar-refractivity contribution >= 4 is 78.7 Å². The molecule has 3 rings (SSSR count). The molecule has 1 heterocycles. The normalized spacial score (nSPS) is 10.9. The maximum Gasteiger partial charge on any atom is 0.147 e. The van der Waals surface area contributed by atoms with Crippen LogP contribution in [0.2, 0.25) is 0 Å². The molecule has 1 radical (unpaired) electrons. The molecule has 109 valence electrons. The van der Waals surface area contributed by atoms with Gasteiger partial charge >= 0.3 is 0 Å². The molecule has 0 aliphatic heterocycles. The summed E-state index contributed by atoms with van der Waals surface area (Å²) in [7, 11) is 0. The van der Waals surface area contributed by atoms with Crippen molar-refractivity contribution in [1.82, 2.24) is 0 Å². The smallest absolute Gasteiger partial charge is 0.147 e. The van der Waals surface area contributed by atoms with Gasteiger partial charge in [0.15, 0.2) is 0 Å². The van der Waals surface area contributed by atoms with Gasteiger partial charge in [-0.15, -0.1) is 6.07 Å². The van der Waals surface area contributed by atoms with Gasteiger partial charge in [0, 0.05) is 40.9 Å². The van der Waals surface area contributed by atoms with E-state index in [9.17, 15) is 0 Å². The molecule has 0 fully saturated rings. The van der Waals surface area contributed by atoms with Crippen molar-refractivity contribution in [3.63, 3.8) is 0 Å². The van der Waals surface area contributed by atoms with Crippen molar-refractivity contribution in [2.45, 2.75) is 0 Å². The van der Waals surface area contributed by atoms with Gasteiger partial charge in [0.05, 0.1) is 22.7 Å². The first-order valence-electron chi connectivity index (χ1n) is 5.58. The molecular weight excluding hydrogens is 608 g/mol. The Hall–Kier alpha value is -1.22. The maximum atomic E-state index is 6.06. The molecule has 1 aromatic heterocycles. The van der Waals surface area contributed by atoms with Gasteiger partial charge in [-0.3, -0.25) is 0 Å². The van der Waals surface area contributed by atoms with Crippen molar-refractivity contribution < 1.29 is 34.4 Å². The number of nitrogens with two attached hydrogens (primary N) is 6. The number of hydrogen-bond acceptors (Lipinski definition) is 7. The van der Waals surface area contributed by atoms with Gasteiger partial charge in [0.2, 0.25) is 0 Å². The van der Waals surface area contributed by atoms with Crippen LogP contribution in [0, 0.1) is 39.6 Å². The monoisotopic (exact) mass is 619 g/mol. The molecule has 0 amide bonds. The van der Waals surface area contributed by atoms with Gasteiger partial charge in [0.1, 0.15) is 5.58 Å². The molecule has 2 aromatic carbocycles. The summed E-state index contributed by atoms with van der Waals surface area (Å²) in [6, 6.07) is 3.00. The van der Waals surface area contributed by atoms with Gasteiger partial charge in [-0.1, -0.05) is 31.5 Å². The number of anilines is 6. The molecule has 0 atom stereocenters. The minimum atomic E-state index is 0. The minimum Gasteiger partial charge on any atom is -0.481 e. The van der Waals surface area contributed by atoms with E-state index in [1.165, 1.54) is 0 Å². The zero-order valence-corrected chi connectivity index (χ0v) is 16.6. The quantitative estimate of drug-likeness (QED) is 0.126. The van der Waals surface area contributed by atoms with Crippen molar-refractivity contribution in [3.8, 4) is 0 Å². The predicted molar refractivity (Wildman–Crippen MR) is 91.7 cm³/mol. The van der Waals surface area contributed by atoms with E-state index in [2.05, 4.69) is 6.07 Å². The van der Waals surface area contributed by atoms with Gasteiger partial charge in [-0.05, 0) is 11.4 Å². The van der Waals surface area contributed by atoms with E-state index >= 15 is 0 Å². The molecule has 7 nitrogen and oxygen atoms in total. The van der Waals surface area contributed by atoms with Gasteiger partial charge in [0.25, 0.3) is 0 Å². The molecule has 0 bridgehead atoms. The number of halogens is 1. The first-order valence-corrected chi connectivity index (χ1v) is 6.66. The molecule has 3 aromatic rings. The summed E-state index contributed by atoms with van der Waals surface area (Å²) < 4.78 is 6.34. The molecule has 0 saturated carbocycles. The molecule has 0 saturated heterocycles. The Morgan fingerprint density at radius 3 is 1.86 bits per heavy atom. The van der Waals surface area contributed by atoms with Crippen LogP contribution in [0.25, 0.3) is 21.9 Å². The van der Waals surface area contributed by atoms with Crippen molar-refractivity contribution in [2.24, 2.45) is 0 Å². The summed E-state index contributed by atoms with van der Waals surface area (Å²) in [6.07, 6.45) is 0. The third-order valence-corrected chi connectivity index (χ3v) is 4.16. The van der Waals surface area contributed by atoms with E-state index in [1.54, 1.807) is 0 Å². The predicted octanol–water partition coefficient (Wildman–Crippen LogP) is 1.48. The molecule has 0 aliphatic carbocycles.